The van der Waals surface area contributed by atoms with E-state index in [0.29, 0.717) is 33.7 Å². The quantitative estimate of drug-likeness (QED) is 0.347. The van der Waals surface area contributed by atoms with Gasteiger partial charge in [0, 0.05) is 0 Å². The van der Waals surface area contributed by atoms with Gasteiger partial charge in [0.25, 0.3) is 11.8 Å². The second-order valence-corrected chi connectivity index (χ2v) is 8.40. The maximum absolute atomic E-state index is 13.0. The van der Waals surface area contributed by atoms with Gasteiger partial charge in [-0.2, -0.15) is 0 Å². The van der Waals surface area contributed by atoms with Crippen LogP contribution in [-0.2, 0) is 22.6 Å². The molecule has 172 valence electrons. The van der Waals surface area contributed by atoms with Crippen molar-refractivity contribution < 1.29 is 19.1 Å². The van der Waals surface area contributed by atoms with E-state index in [1.165, 1.54) is 6.08 Å². The van der Waals surface area contributed by atoms with Crippen molar-refractivity contribution in [1.29, 1.82) is 0 Å². The number of nitrogens with zero attached hydrogens (tertiary/aromatic N) is 1. The Labute approximate surface area is 206 Å². The molecule has 0 aromatic heterocycles. The summed E-state index contributed by atoms with van der Waals surface area (Å²) in [4.78, 5) is 38.7. The van der Waals surface area contributed by atoms with Crippen molar-refractivity contribution in [2.24, 2.45) is 0 Å². The summed E-state index contributed by atoms with van der Waals surface area (Å²) in [6.45, 7) is 2.31. The molecular formula is C26H20Cl2N2O4. The molecule has 1 N–H and O–H groups in total. The van der Waals surface area contributed by atoms with Crippen LogP contribution in [0.5, 0.6) is 5.75 Å². The Hall–Kier alpha value is -3.61. The summed E-state index contributed by atoms with van der Waals surface area (Å²) in [6.07, 6.45) is 2.28. The number of urea groups is 1. The number of imide groups is 2. The third-order valence-corrected chi connectivity index (χ3v) is 6.02. The van der Waals surface area contributed by atoms with E-state index in [2.05, 4.69) is 5.32 Å². The van der Waals surface area contributed by atoms with Crippen LogP contribution in [0.4, 0.5) is 10.5 Å². The summed E-state index contributed by atoms with van der Waals surface area (Å²) >= 11 is 12.0. The summed E-state index contributed by atoms with van der Waals surface area (Å²) in [7, 11) is 0. The predicted octanol–water partition coefficient (Wildman–Crippen LogP) is 5.80. The number of carbonyl (C=O) groups excluding carboxylic acids is 3. The van der Waals surface area contributed by atoms with Gasteiger partial charge < -0.3 is 4.74 Å². The molecule has 1 heterocycles. The van der Waals surface area contributed by atoms with Crippen LogP contribution in [0.15, 0.2) is 72.3 Å². The number of nitrogens with one attached hydrogen (secondary N) is 1. The first-order chi connectivity index (χ1) is 16.4. The van der Waals surface area contributed by atoms with Gasteiger partial charge in [-0.15, -0.1) is 0 Å². The largest absolute Gasteiger partial charge is 0.489 e. The molecule has 3 aromatic rings. The van der Waals surface area contributed by atoms with E-state index in [4.69, 9.17) is 27.9 Å². The molecule has 1 saturated heterocycles. The molecule has 1 aliphatic rings. The Kier molecular flexibility index (Phi) is 7.01. The molecular weight excluding hydrogens is 475 g/mol. The van der Waals surface area contributed by atoms with Gasteiger partial charge in [0.2, 0.25) is 0 Å². The zero-order valence-electron chi connectivity index (χ0n) is 18.2. The van der Waals surface area contributed by atoms with Gasteiger partial charge in [0.15, 0.2) is 0 Å². The molecule has 0 saturated carbocycles. The van der Waals surface area contributed by atoms with Gasteiger partial charge in [-0.1, -0.05) is 60.5 Å². The molecule has 4 amide bonds. The highest BCUT2D eigenvalue weighted by Crippen LogP contribution is 2.25. The molecule has 34 heavy (non-hydrogen) atoms. The fourth-order valence-electron chi connectivity index (χ4n) is 3.40. The number of rotatable bonds is 6. The predicted molar refractivity (Wildman–Crippen MR) is 132 cm³/mol. The molecule has 1 fully saturated rings. The lowest BCUT2D eigenvalue weighted by molar-refractivity contribution is -0.122. The molecule has 0 atom stereocenters. The minimum atomic E-state index is -0.776. The number of carbonyl (C=O) groups is 3. The number of aryl methyl sites for hydroxylation is 1. The van der Waals surface area contributed by atoms with Crippen LogP contribution in [0.25, 0.3) is 6.08 Å². The molecule has 8 heteroatoms. The summed E-state index contributed by atoms with van der Waals surface area (Å²) in [5.74, 6) is -0.824. The fraction of sp³-hybridized carbons (Fsp3) is 0.115. The third kappa shape index (κ3) is 5.14. The minimum absolute atomic E-state index is 0.136. The molecule has 0 unspecified atom stereocenters. The van der Waals surface area contributed by atoms with Crippen LogP contribution >= 0.6 is 23.2 Å². The highest BCUT2D eigenvalue weighted by atomic mass is 35.5. The lowest BCUT2D eigenvalue weighted by Gasteiger charge is -2.26. The van der Waals surface area contributed by atoms with Crippen LogP contribution < -0.4 is 15.0 Å². The minimum Gasteiger partial charge on any atom is -0.489 e. The number of hydrogen-bond donors (Lipinski definition) is 1. The average Bonchev–Trinajstić information content (AvgIpc) is 2.83. The number of halogens is 2. The first-order valence-corrected chi connectivity index (χ1v) is 11.3. The van der Waals surface area contributed by atoms with Crippen molar-refractivity contribution in [3.8, 4) is 5.75 Å². The van der Waals surface area contributed by atoms with E-state index >= 15 is 0 Å². The van der Waals surface area contributed by atoms with Crippen LogP contribution in [0.1, 0.15) is 23.6 Å². The molecule has 0 bridgehead atoms. The summed E-state index contributed by atoms with van der Waals surface area (Å²) in [6, 6.07) is 18.4. The number of amides is 4. The number of hydrogen-bond acceptors (Lipinski definition) is 4. The number of benzene rings is 3. The molecule has 6 nitrogen and oxygen atoms in total. The van der Waals surface area contributed by atoms with E-state index < -0.39 is 17.8 Å². The van der Waals surface area contributed by atoms with Crippen LogP contribution in [0.2, 0.25) is 10.0 Å². The Bertz CT molecular complexity index is 1290. The SMILES string of the molecule is CCc1ccc(N2C(=O)NC(=O)/C(=C/c3ccc(OCc4ccc(Cl)c(Cl)c4)cc3)C2=O)cc1. The fourth-order valence-corrected chi connectivity index (χ4v) is 3.72. The maximum Gasteiger partial charge on any atom is 0.335 e. The molecule has 3 aromatic carbocycles. The Balaban J connectivity index is 1.50. The van der Waals surface area contributed by atoms with Crippen LogP contribution in [0, 0.1) is 0 Å². The van der Waals surface area contributed by atoms with Crippen molar-refractivity contribution in [1.82, 2.24) is 5.32 Å². The van der Waals surface area contributed by atoms with Crippen molar-refractivity contribution in [3.05, 3.63) is 99.0 Å². The number of barbiturate groups is 1. The van der Waals surface area contributed by atoms with Gasteiger partial charge >= 0.3 is 6.03 Å². The van der Waals surface area contributed by atoms with E-state index in [0.717, 1.165) is 22.4 Å². The van der Waals surface area contributed by atoms with E-state index in [1.54, 1.807) is 48.5 Å². The monoisotopic (exact) mass is 494 g/mol. The Morgan fingerprint density at radius 1 is 0.882 bits per heavy atom. The Morgan fingerprint density at radius 3 is 2.21 bits per heavy atom. The summed E-state index contributed by atoms with van der Waals surface area (Å²) < 4.78 is 5.76. The molecule has 0 spiro atoms. The van der Waals surface area contributed by atoms with Crippen LogP contribution in [-0.4, -0.2) is 17.8 Å². The summed E-state index contributed by atoms with van der Waals surface area (Å²) in [5, 5.41) is 3.16. The van der Waals surface area contributed by atoms with Crippen molar-refractivity contribution in [3.63, 3.8) is 0 Å². The second-order valence-electron chi connectivity index (χ2n) is 7.58. The van der Waals surface area contributed by atoms with Gasteiger partial charge in [0.05, 0.1) is 15.7 Å². The normalized spacial score (nSPS) is 15.0. The smallest absolute Gasteiger partial charge is 0.335 e. The lowest BCUT2D eigenvalue weighted by Crippen LogP contribution is -2.54. The molecule has 4 rings (SSSR count). The van der Waals surface area contributed by atoms with Crippen LogP contribution in [0.3, 0.4) is 0 Å². The third-order valence-electron chi connectivity index (χ3n) is 5.29. The lowest BCUT2D eigenvalue weighted by atomic mass is 10.1. The standard InChI is InChI=1S/C26H20Cl2N2O4/c1-2-16-3-8-19(9-4-16)30-25(32)21(24(31)29-26(30)33)13-17-5-10-20(11-6-17)34-15-18-7-12-22(27)23(28)14-18/h3-14H,2,15H2,1H3,(H,29,31,33)/b21-13-. The summed E-state index contributed by atoms with van der Waals surface area (Å²) in [5.41, 5.74) is 2.80. The average molecular weight is 495 g/mol. The first-order valence-electron chi connectivity index (χ1n) is 10.5. The van der Waals surface area contributed by atoms with Gasteiger partial charge in [-0.3, -0.25) is 14.9 Å². The number of ether oxygens (including phenoxy) is 1. The van der Waals surface area contributed by atoms with Crippen molar-refractivity contribution >= 4 is 52.8 Å². The molecule has 1 aliphatic heterocycles. The van der Waals surface area contributed by atoms with E-state index in [9.17, 15) is 14.4 Å². The second kappa shape index (κ2) is 10.1. The van der Waals surface area contributed by atoms with E-state index in [1.807, 2.05) is 25.1 Å². The number of anilines is 1. The van der Waals surface area contributed by atoms with Gasteiger partial charge in [-0.25, -0.2) is 9.69 Å². The maximum atomic E-state index is 13.0. The highest BCUT2D eigenvalue weighted by molar-refractivity contribution is 6.42. The van der Waals surface area contributed by atoms with E-state index in [-0.39, 0.29) is 5.57 Å². The van der Waals surface area contributed by atoms with Gasteiger partial charge in [-0.05, 0) is 65.6 Å². The Morgan fingerprint density at radius 2 is 1.56 bits per heavy atom. The van der Waals surface area contributed by atoms with Crippen molar-refractivity contribution in [2.45, 2.75) is 20.0 Å². The zero-order chi connectivity index (χ0) is 24.2. The van der Waals surface area contributed by atoms with Gasteiger partial charge in [0.1, 0.15) is 17.9 Å². The van der Waals surface area contributed by atoms with Crippen molar-refractivity contribution in [2.75, 3.05) is 4.90 Å². The molecule has 0 radical (unpaired) electrons. The highest BCUT2D eigenvalue weighted by Gasteiger charge is 2.36. The molecule has 0 aliphatic carbocycles. The topological polar surface area (TPSA) is 75.7 Å². The first kappa shape index (κ1) is 23.5. The zero-order valence-corrected chi connectivity index (χ0v) is 19.7.